The van der Waals surface area contributed by atoms with Gasteiger partial charge in [0.2, 0.25) is 0 Å². The van der Waals surface area contributed by atoms with Crippen molar-refractivity contribution in [3.05, 3.63) is 95.3 Å². The second-order valence-electron chi connectivity index (χ2n) is 9.35. The van der Waals surface area contributed by atoms with Crippen LogP contribution < -0.4 is 0 Å². The van der Waals surface area contributed by atoms with Crippen LogP contribution in [0.4, 0.5) is 0 Å². The van der Waals surface area contributed by atoms with Crippen LogP contribution in [0.25, 0.3) is 11.3 Å². The van der Waals surface area contributed by atoms with Crippen molar-refractivity contribution in [2.24, 2.45) is 16.8 Å². The Morgan fingerprint density at radius 3 is 2.57 bits per heavy atom. The molecule has 1 aliphatic heterocycles. The standard InChI is InChI=1S/C30H27NO6/c1-3-36-30(35)25-17(2)31-23-16-21(28(32)27(23)26(25)18-8-5-4-6-9-18)15-22-12-13-24(37-22)19-10-7-11-20(14-19)29(33)34/h4-14,16-17,25-27H,3,15H2,1-2H3,(H,33,34). The monoisotopic (exact) mass is 497 g/mol. The van der Waals surface area contributed by atoms with Gasteiger partial charge in [-0.1, -0.05) is 42.5 Å². The van der Waals surface area contributed by atoms with E-state index < -0.39 is 17.8 Å². The number of fused-ring (bicyclic) bond motifs is 1. The first-order valence-corrected chi connectivity index (χ1v) is 12.3. The van der Waals surface area contributed by atoms with E-state index in [0.717, 1.165) is 5.56 Å². The third-order valence-corrected chi connectivity index (χ3v) is 7.02. The van der Waals surface area contributed by atoms with E-state index >= 15 is 0 Å². The molecule has 0 amide bonds. The van der Waals surface area contributed by atoms with Crippen LogP contribution in [0.2, 0.25) is 0 Å². The van der Waals surface area contributed by atoms with Gasteiger partial charge in [0.05, 0.1) is 30.0 Å². The fraction of sp³-hybridized carbons (Fsp3) is 0.267. The van der Waals surface area contributed by atoms with E-state index in [9.17, 15) is 19.5 Å². The quantitative estimate of drug-likeness (QED) is 0.454. The number of esters is 1. The van der Waals surface area contributed by atoms with Crippen LogP contribution in [0.5, 0.6) is 0 Å². The summed E-state index contributed by atoms with van der Waals surface area (Å²) in [6, 6.07) is 19.4. The van der Waals surface area contributed by atoms with Crippen LogP contribution in [-0.2, 0) is 20.7 Å². The number of carbonyl (C=O) groups excluding carboxylic acids is 2. The third kappa shape index (κ3) is 4.65. The first-order valence-electron chi connectivity index (χ1n) is 12.3. The van der Waals surface area contributed by atoms with Crippen molar-refractivity contribution in [3.8, 4) is 11.3 Å². The first-order chi connectivity index (χ1) is 17.9. The zero-order valence-electron chi connectivity index (χ0n) is 20.6. The van der Waals surface area contributed by atoms with Gasteiger partial charge in [-0.3, -0.25) is 14.6 Å². The third-order valence-electron chi connectivity index (χ3n) is 7.02. The molecule has 188 valence electrons. The van der Waals surface area contributed by atoms with Gasteiger partial charge in [-0.2, -0.15) is 0 Å². The molecule has 3 aromatic rings. The SMILES string of the molecule is CCOC(=O)C1C(C)N=C2C=C(Cc3ccc(-c4cccc(C(=O)O)c4)o3)C(=O)C2C1c1ccccc1. The molecule has 0 saturated carbocycles. The lowest BCUT2D eigenvalue weighted by atomic mass is 9.69. The van der Waals surface area contributed by atoms with Crippen LogP contribution in [-0.4, -0.2) is 41.2 Å². The molecule has 0 spiro atoms. The zero-order valence-corrected chi connectivity index (χ0v) is 20.6. The Hall–Kier alpha value is -4.26. The molecule has 5 rings (SSSR count). The summed E-state index contributed by atoms with van der Waals surface area (Å²) >= 11 is 0. The Balaban J connectivity index is 1.43. The highest BCUT2D eigenvalue weighted by Gasteiger charge is 2.50. The molecule has 0 fully saturated rings. The number of aliphatic imine (C=N–C) groups is 1. The second-order valence-corrected chi connectivity index (χ2v) is 9.35. The van der Waals surface area contributed by atoms with Crippen molar-refractivity contribution < 1.29 is 28.6 Å². The average molecular weight is 498 g/mol. The summed E-state index contributed by atoms with van der Waals surface area (Å²) in [7, 11) is 0. The fourth-order valence-electron chi connectivity index (χ4n) is 5.38. The number of carboxylic acid groups (broad SMARTS) is 1. The maximum atomic E-state index is 13.7. The van der Waals surface area contributed by atoms with Crippen LogP contribution in [0.3, 0.4) is 0 Å². The van der Waals surface area contributed by atoms with E-state index in [-0.39, 0.29) is 42.3 Å². The molecule has 4 atom stereocenters. The maximum Gasteiger partial charge on any atom is 0.335 e. The van der Waals surface area contributed by atoms with Gasteiger partial charge in [-0.25, -0.2) is 4.79 Å². The maximum absolute atomic E-state index is 13.7. The Bertz CT molecular complexity index is 1420. The fourth-order valence-corrected chi connectivity index (χ4v) is 5.38. The van der Waals surface area contributed by atoms with Crippen molar-refractivity contribution in [1.82, 2.24) is 0 Å². The van der Waals surface area contributed by atoms with Gasteiger partial charge in [-0.15, -0.1) is 0 Å². The van der Waals surface area contributed by atoms with Gasteiger partial charge in [0.1, 0.15) is 11.5 Å². The molecule has 1 N–H and O–H groups in total. The molecule has 0 saturated heterocycles. The lowest BCUT2D eigenvalue weighted by molar-refractivity contribution is -0.150. The van der Waals surface area contributed by atoms with E-state index in [0.29, 0.717) is 28.4 Å². The van der Waals surface area contributed by atoms with Crippen LogP contribution >= 0.6 is 0 Å². The number of furan rings is 1. The number of ketones is 1. The molecule has 0 radical (unpaired) electrons. The lowest BCUT2D eigenvalue weighted by Gasteiger charge is -2.36. The summed E-state index contributed by atoms with van der Waals surface area (Å²) in [4.78, 5) is 42.8. The number of carboxylic acids is 1. The number of ether oxygens (including phenoxy) is 1. The van der Waals surface area contributed by atoms with Crippen molar-refractivity contribution in [3.63, 3.8) is 0 Å². The average Bonchev–Trinajstić information content (AvgIpc) is 3.48. The molecule has 2 heterocycles. The summed E-state index contributed by atoms with van der Waals surface area (Å²) in [5, 5.41) is 9.27. The number of rotatable bonds is 7. The van der Waals surface area contributed by atoms with E-state index in [1.165, 1.54) is 6.07 Å². The van der Waals surface area contributed by atoms with Gasteiger partial charge in [0, 0.05) is 29.2 Å². The Kier molecular flexibility index (Phi) is 6.61. The summed E-state index contributed by atoms with van der Waals surface area (Å²) in [5.74, 6) is -1.82. The molecule has 0 bridgehead atoms. The van der Waals surface area contributed by atoms with Crippen LogP contribution in [0.15, 0.2) is 87.8 Å². The number of hydrogen-bond acceptors (Lipinski definition) is 6. The molecular formula is C30H27NO6. The predicted octanol–water partition coefficient (Wildman–Crippen LogP) is 5.12. The molecule has 1 aromatic heterocycles. The topological polar surface area (TPSA) is 106 Å². The number of allylic oxidation sites excluding steroid dienone is 2. The number of hydrogen-bond donors (Lipinski definition) is 1. The number of nitrogens with zero attached hydrogens (tertiary/aromatic N) is 1. The minimum atomic E-state index is -1.01. The molecule has 7 heteroatoms. The summed E-state index contributed by atoms with van der Waals surface area (Å²) < 4.78 is 11.4. The number of carbonyl (C=O) groups is 3. The van der Waals surface area contributed by atoms with Gasteiger partial charge in [-0.05, 0) is 49.8 Å². The summed E-state index contributed by atoms with van der Waals surface area (Å²) in [6.45, 7) is 3.92. The minimum Gasteiger partial charge on any atom is -0.478 e. The Labute approximate surface area is 214 Å². The van der Waals surface area contributed by atoms with Gasteiger partial charge < -0.3 is 14.3 Å². The summed E-state index contributed by atoms with van der Waals surface area (Å²) in [6.07, 6.45) is 2.10. The molecule has 7 nitrogen and oxygen atoms in total. The van der Waals surface area contributed by atoms with E-state index in [1.807, 2.05) is 43.3 Å². The number of Topliss-reactive ketones (excluding diaryl/α,β-unsaturated/α-hetero) is 1. The van der Waals surface area contributed by atoms with Crippen LogP contribution in [0.1, 0.15) is 41.4 Å². The van der Waals surface area contributed by atoms with Crippen molar-refractivity contribution >= 4 is 23.4 Å². The molecule has 37 heavy (non-hydrogen) atoms. The highest BCUT2D eigenvalue weighted by Crippen LogP contribution is 2.45. The Morgan fingerprint density at radius 1 is 1.05 bits per heavy atom. The smallest absolute Gasteiger partial charge is 0.335 e. The van der Waals surface area contributed by atoms with Crippen molar-refractivity contribution in [2.75, 3.05) is 6.61 Å². The largest absolute Gasteiger partial charge is 0.478 e. The molecule has 2 aromatic carbocycles. The number of benzene rings is 2. The number of aromatic carboxylic acids is 1. The first kappa shape index (κ1) is 24.4. The molecule has 4 unspecified atom stereocenters. The zero-order chi connectivity index (χ0) is 26.1. The lowest BCUT2D eigenvalue weighted by Crippen LogP contribution is -2.43. The van der Waals surface area contributed by atoms with Crippen molar-refractivity contribution in [2.45, 2.75) is 32.2 Å². The minimum absolute atomic E-state index is 0.0698. The summed E-state index contributed by atoms with van der Waals surface area (Å²) in [5.41, 5.74) is 2.98. The molecule has 1 aliphatic carbocycles. The van der Waals surface area contributed by atoms with E-state index in [4.69, 9.17) is 14.1 Å². The predicted molar refractivity (Wildman–Crippen MR) is 138 cm³/mol. The van der Waals surface area contributed by atoms with Gasteiger partial charge >= 0.3 is 11.9 Å². The second kappa shape index (κ2) is 10.0. The molecular weight excluding hydrogens is 470 g/mol. The highest BCUT2D eigenvalue weighted by molar-refractivity contribution is 6.25. The van der Waals surface area contributed by atoms with Crippen molar-refractivity contribution in [1.29, 1.82) is 0 Å². The van der Waals surface area contributed by atoms with Gasteiger partial charge in [0.25, 0.3) is 0 Å². The highest BCUT2D eigenvalue weighted by atomic mass is 16.5. The van der Waals surface area contributed by atoms with Crippen LogP contribution in [0, 0.1) is 11.8 Å². The molecule has 2 aliphatic rings. The van der Waals surface area contributed by atoms with E-state index in [1.54, 1.807) is 37.3 Å². The normalized spacial score (nSPS) is 22.7. The van der Waals surface area contributed by atoms with Gasteiger partial charge in [0.15, 0.2) is 5.78 Å². The Morgan fingerprint density at radius 2 is 1.84 bits per heavy atom. The van der Waals surface area contributed by atoms with E-state index in [2.05, 4.69) is 0 Å².